The third-order valence-electron chi connectivity index (χ3n) is 2.89. The van der Waals surface area contributed by atoms with Crippen molar-refractivity contribution in [2.75, 3.05) is 0 Å². The van der Waals surface area contributed by atoms with E-state index in [9.17, 15) is 0 Å². The van der Waals surface area contributed by atoms with Gasteiger partial charge >= 0.3 is 0 Å². The Labute approximate surface area is 90.8 Å². The fourth-order valence-electron chi connectivity index (χ4n) is 1.94. The highest BCUT2D eigenvalue weighted by Gasteiger charge is 2.13. The zero-order valence-electron chi connectivity index (χ0n) is 9.20. The molecule has 1 saturated carbocycles. The minimum absolute atomic E-state index is 0.500. The first-order valence-electron chi connectivity index (χ1n) is 5.70. The molecule has 0 bridgehead atoms. The van der Waals surface area contributed by atoms with Crippen LogP contribution in [0, 0.1) is 6.92 Å². The van der Waals surface area contributed by atoms with Gasteiger partial charge in [-0.3, -0.25) is 0 Å². The maximum Gasteiger partial charge on any atom is 0.240 e. The van der Waals surface area contributed by atoms with Crippen LogP contribution in [0.15, 0.2) is 18.3 Å². The van der Waals surface area contributed by atoms with Crippen LogP contribution in [0.2, 0.25) is 0 Å². The highest BCUT2D eigenvalue weighted by molar-refractivity contribution is 5.22. The van der Waals surface area contributed by atoms with E-state index in [0.29, 0.717) is 11.9 Å². The summed E-state index contributed by atoms with van der Waals surface area (Å²) < 4.78 is 0. The summed E-state index contributed by atoms with van der Waals surface area (Å²) >= 11 is 0. The Morgan fingerprint density at radius 1 is 1.33 bits per heavy atom. The molecule has 3 nitrogen and oxygen atoms in total. The second-order valence-electron chi connectivity index (χ2n) is 4.18. The van der Waals surface area contributed by atoms with E-state index in [4.69, 9.17) is 4.84 Å². The van der Waals surface area contributed by atoms with Gasteiger partial charge in [0.05, 0.1) is 0 Å². The van der Waals surface area contributed by atoms with Crippen LogP contribution in [0.1, 0.15) is 37.7 Å². The van der Waals surface area contributed by atoms with Crippen molar-refractivity contribution in [2.24, 2.45) is 0 Å². The van der Waals surface area contributed by atoms with Gasteiger partial charge in [0.2, 0.25) is 5.88 Å². The molecule has 1 aromatic heterocycles. The van der Waals surface area contributed by atoms with Gasteiger partial charge in [-0.15, -0.1) is 0 Å². The maximum absolute atomic E-state index is 5.52. The molecule has 0 spiro atoms. The monoisotopic (exact) mass is 206 g/mol. The smallest absolute Gasteiger partial charge is 0.240 e. The highest BCUT2D eigenvalue weighted by Crippen LogP contribution is 2.18. The van der Waals surface area contributed by atoms with Gasteiger partial charge in [0.25, 0.3) is 0 Å². The molecule has 0 radical (unpaired) electrons. The Bertz CT molecular complexity index is 308. The van der Waals surface area contributed by atoms with Crippen molar-refractivity contribution in [3.8, 4) is 5.88 Å². The summed E-state index contributed by atoms with van der Waals surface area (Å²) in [6.45, 7) is 2.00. The van der Waals surface area contributed by atoms with E-state index in [1.165, 1.54) is 32.1 Å². The first-order valence-corrected chi connectivity index (χ1v) is 5.70. The van der Waals surface area contributed by atoms with Crippen LogP contribution in [-0.2, 0) is 0 Å². The van der Waals surface area contributed by atoms with E-state index >= 15 is 0 Å². The van der Waals surface area contributed by atoms with Crippen LogP contribution >= 0.6 is 0 Å². The van der Waals surface area contributed by atoms with Gasteiger partial charge in [0, 0.05) is 17.8 Å². The van der Waals surface area contributed by atoms with Gasteiger partial charge < -0.3 is 4.84 Å². The molecule has 15 heavy (non-hydrogen) atoms. The number of hydrogen-bond acceptors (Lipinski definition) is 3. The quantitative estimate of drug-likeness (QED) is 0.772. The van der Waals surface area contributed by atoms with Crippen LogP contribution < -0.4 is 10.3 Å². The summed E-state index contributed by atoms with van der Waals surface area (Å²) in [4.78, 5) is 9.69. The Morgan fingerprint density at radius 3 is 2.87 bits per heavy atom. The molecule has 0 aliphatic heterocycles. The predicted octanol–water partition coefficient (Wildman–Crippen LogP) is 2.61. The number of aromatic nitrogens is 1. The van der Waals surface area contributed by atoms with Crippen LogP contribution in [0.4, 0.5) is 0 Å². The molecular weight excluding hydrogens is 188 g/mol. The van der Waals surface area contributed by atoms with E-state index in [1.54, 1.807) is 6.20 Å². The molecule has 82 valence electrons. The molecular formula is C12H18N2O. The van der Waals surface area contributed by atoms with Crippen LogP contribution in [-0.4, -0.2) is 11.0 Å². The molecule has 1 fully saturated rings. The standard InChI is InChI=1S/C12H18N2O/c1-10-6-5-9-13-12(10)15-14-11-7-3-2-4-8-11/h5-6,9,11,14H,2-4,7-8H2,1H3. The van der Waals surface area contributed by atoms with Gasteiger partial charge in [0.15, 0.2) is 0 Å². The molecule has 0 aromatic carbocycles. The summed E-state index contributed by atoms with van der Waals surface area (Å²) in [5, 5.41) is 0. The van der Waals surface area contributed by atoms with E-state index in [0.717, 1.165) is 5.56 Å². The fourth-order valence-corrected chi connectivity index (χ4v) is 1.94. The summed E-state index contributed by atoms with van der Waals surface area (Å²) in [7, 11) is 0. The average molecular weight is 206 g/mol. The van der Waals surface area contributed by atoms with Crippen molar-refractivity contribution in [2.45, 2.75) is 45.1 Å². The number of pyridine rings is 1. The van der Waals surface area contributed by atoms with E-state index in [2.05, 4.69) is 10.5 Å². The Morgan fingerprint density at radius 2 is 2.13 bits per heavy atom. The van der Waals surface area contributed by atoms with E-state index < -0.39 is 0 Å². The topological polar surface area (TPSA) is 34.1 Å². The minimum Gasteiger partial charge on any atom is -0.388 e. The number of aryl methyl sites for hydroxylation is 1. The average Bonchev–Trinajstić information content (AvgIpc) is 2.29. The Hall–Kier alpha value is -1.09. The zero-order valence-corrected chi connectivity index (χ0v) is 9.20. The third kappa shape index (κ3) is 2.93. The highest BCUT2D eigenvalue weighted by atomic mass is 16.7. The third-order valence-corrected chi connectivity index (χ3v) is 2.89. The molecule has 1 aliphatic rings. The van der Waals surface area contributed by atoms with Gasteiger partial charge in [-0.1, -0.05) is 25.3 Å². The van der Waals surface area contributed by atoms with Crippen molar-refractivity contribution in [1.82, 2.24) is 10.5 Å². The van der Waals surface area contributed by atoms with Crippen LogP contribution in [0.25, 0.3) is 0 Å². The second kappa shape index (κ2) is 5.12. The number of rotatable bonds is 3. The van der Waals surface area contributed by atoms with Crippen molar-refractivity contribution in [3.05, 3.63) is 23.9 Å². The van der Waals surface area contributed by atoms with E-state index in [-0.39, 0.29) is 0 Å². The number of nitrogens with one attached hydrogen (secondary N) is 1. The largest absolute Gasteiger partial charge is 0.388 e. The van der Waals surface area contributed by atoms with Gasteiger partial charge in [0.1, 0.15) is 0 Å². The Balaban J connectivity index is 1.84. The summed E-state index contributed by atoms with van der Waals surface area (Å²) in [6.07, 6.45) is 8.16. The first kappa shape index (κ1) is 10.4. The fraction of sp³-hybridized carbons (Fsp3) is 0.583. The summed E-state index contributed by atoms with van der Waals surface area (Å²) in [5.41, 5.74) is 4.19. The molecule has 1 aromatic rings. The first-order chi connectivity index (χ1) is 7.36. The lowest BCUT2D eigenvalue weighted by Crippen LogP contribution is -2.34. The molecule has 1 heterocycles. The molecule has 0 unspecified atom stereocenters. The maximum atomic E-state index is 5.52. The predicted molar refractivity (Wildman–Crippen MR) is 59.6 cm³/mol. The van der Waals surface area contributed by atoms with Gasteiger partial charge in [-0.05, 0) is 25.8 Å². The number of nitrogens with zero attached hydrogens (tertiary/aromatic N) is 1. The molecule has 1 N–H and O–H groups in total. The lowest BCUT2D eigenvalue weighted by molar-refractivity contribution is 0.126. The number of hydroxylamine groups is 1. The van der Waals surface area contributed by atoms with Crippen molar-refractivity contribution >= 4 is 0 Å². The minimum atomic E-state index is 0.500. The van der Waals surface area contributed by atoms with Crippen molar-refractivity contribution in [3.63, 3.8) is 0 Å². The van der Waals surface area contributed by atoms with Crippen molar-refractivity contribution < 1.29 is 4.84 Å². The molecule has 0 amide bonds. The summed E-state index contributed by atoms with van der Waals surface area (Å²) in [5.74, 6) is 0.697. The molecule has 0 saturated heterocycles. The molecule has 1 aliphatic carbocycles. The van der Waals surface area contributed by atoms with Crippen LogP contribution in [0.5, 0.6) is 5.88 Å². The number of hydrogen-bond donors (Lipinski definition) is 1. The van der Waals surface area contributed by atoms with Gasteiger partial charge in [-0.2, -0.15) is 5.48 Å². The van der Waals surface area contributed by atoms with E-state index in [1.807, 2.05) is 19.1 Å². The summed E-state index contributed by atoms with van der Waals surface area (Å²) in [6, 6.07) is 4.42. The molecule has 2 rings (SSSR count). The second-order valence-corrected chi connectivity index (χ2v) is 4.18. The Kier molecular flexibility index (Phi) is 3.56. The lowest BCUT2D eigenvalue weighted by Gasteiger charge is -2.22. The molecule has 3 heteroatoms. The normalized spacial score (nSPS) is 17.7. The van der Waals surface area contributed by atoms with Gasteiger partial charge in [-0.25, -0.2) is 4.98 Å². The lowest BCUT2D eigenvalue weighted by atomic mass is 9.96. The van der Waals surface area contributed by atoms with Crippen molar-refractivity contribution in [1.29, 1.82) is 0 Å². The van der Waals surface area contributed by atoms with Crippen LogP contribution in [0.3, 0.4) is 0 Å². The molecule has 0 atom stereocenters. The SMILES string of the molecule is Cc1cccnc1ONC1CCCCC1. The zero-order chi connectivity index (χ0) is 10.5.